The Hall–Kier alpha value is -1.85. The molecule has 0 fully saturated rings. The van der Waals surface area contributed by atoms with Gasteiger partial charge in [0, 0.05) is 0 Å². The predicted octanol–water partition coefficient (Wildman–Crippen LogP) is 1.41. The van der Waals surface area contributed by atoms with E-state index in [2.05, 4.69) is 15.3 Å². The molecule has 3 N–H and O–H groups in total. The lowest BCUT2D eigenvalue weighted by Gasteiger charge is -2.19. The Morgan fingerprint density at radius 1 is 1.53 bits per heavy atom. The first-order chi connectivity index (χ1) is 6.88. The molecule has 0 saturated heterocycles. The van der Waals surface area contributed by atoms with E-state index in [1.54, 1.807) is 20.8 Å². The maximum absolute atomic E-state index is 11.3. The summed E-state index contributed by atoms with van der Waals surface area (Å²) in [5.74, 6) is 0.204. The minimum atomic E-state index is -0.580. The van der Waals surface area contributed by atoms with Gasteiger partial charge in [-0.3, -0.25) is 5.32 Å². The molecule has 0 saturated carbocycles. The Morgan fingerprint density at radius 2 is 2.20 bits per heavy atom. The molecule has 0 atom stereocenters. The molecule has 0 aliphatic heterocycles. The molecule has 0 radical (unpaired) electrons. The number of hydrogen-bond donors (Lipinski definition) is 2. The monoisotopic (exact) mass is 210 g/mol. The number of ether oxygens (including phenoxy) is 1. The number of carbonyl (C=O) groups is 1. The van der Waals surface area contributed by atoms with Crippen molar-refractivity contribution in [2.45, 2.75) is 26.4 Å². The summed E-state index contributed by atoms with van der Waals surface area (Å²) < 4.78 is 5.04. The van der Waals surface area contributed by atoms with Gasteiger partial charge in [-0.05, 0) is 20.8 Å². The van der Waals surface area contributed by atoms with E-state index in [0.717, 1.165) is 0 Å². The zero-order valence-corrected chi connectivity index (χ0v) is 8.94. The van der Waals surface area contributed by atoms with E-state index in [-0.39, 0.29) is 5.82 Å². The van der Waals surface area contributed by atoms with Crippen LogP contribution in [0.4, 0.5) is 16.3 Å². The third-order valence-electron chi connectivity index (χ3n) is 1.38. The molecule has 6 heteroatoms. The van der Waals surface area contributed by atoms with Gasteiger partial charge in [0.1, 0.15) is 17.6 Å². The summed E-state index contributed by atoms with van der Waals surface area (Å²) in [6, 6.07) is 0. The number of carbonyl (C=O) groups excluding carboxylic acids is 1. The van der Waals surface area contributed by atoms with Gasteiger partial charge < -0.3 is 10.5 Å². The highest BCUT2D eigenvalue weighted by Gasteiger charge is 2.16. The number of anilines is 2. The van der Waals surface area contributed by atoms with Crippen molar-refractivity contribution >= 4 is 17.6 Å². The lowest BCUT2D eigenvalue weighted by molar-refractivity contribution is 0.0636. The molecule has 0 spiro atoms. The summed E-state index contributed by atoms with van der Waals surface area (Å²) in [5, 5.41) is 2.46. The van der Waals surface area contributed by atoms with Gasteiger partial charge in [-0.25, -0.2) is 14.8 Å². The van der Waals surface area contributed by atoms with Gasteiger partial charge in [-0.1, -0.05) is 0 Å². The molecule has 82 valence electrons. The normalized spacial score (nSPS) is 10.9. The largest absolute Gasteiger partial charge is 0.444 e. The van der Waals surface area contributed by atoms with Crippen LogP contribution in [0.15, 0.2) is 12.5 Å². The third-order valence-corrected chi connectivity index (χ3v) is 1.38. The fourth-order valence-electron chi connectivity index (χ4n) is 0.849. The fourth-order valence-corrected chi connectivity index (χ4v) is 0.849. The Labute approximate surface area is 87.9 Å². The maximum Gasteiger partial charge on any atom is 0.412 e. The van der Waals surface area contributed by atoms with Crippen molar-refractivity contribution in [3.8, 4) is 0 Å². The van der Waals surface area contributed by atoms with Crippen molar-refractivity contribution < 1.29 is 9.53 Å². The van der Waals surface area contributed by atoms with Crippen LogP contribution in [0.1, 0.15) is 20.8 Å². The molecule has 15 heavy (non-hydrogen) atoms. The highest BCUT2D eigenvalue weighted by Crippen LogP contribution is 2.14. The van der Waals surface area contributed by atoms with Crippen LogP contribution in [0.5, 0.6) is 0 Å². The Morgan fingerprint density at radius 3 is 2.73 bits per heavy atom. The second-order valence-corrected chi connectivity index (χ2v) is 3.95. The molecule has 0 unspecified atom stereocenters. The highest BCUT2D eigenvalue weighted by atomic mass is 16.6. The van der Waals surface area contributed by atoms with Gasteiger partial charge >= 0.3 is 6.09 Å². The topological polar surface area (TPSA) is 90.1 Å². The number of aromatic nitrogens is 2. The Balaban J connectivity index is 2.64. The van der Waals surface area contributed by atoms with Crippen LogP contribution in [0.2, 0.25) is 0 Å². The van der Waals surface area contributed by atoms with Crippen molar-refractivity contribution in [1.29, 1.82) is 0 Å². The van der Waals surface area contributed by atoms with Gasteiger partial charge in [0.2, 0.25) is 0 Å². The Bertz CT molecular complexity index is 359. The molecular formula is C9H14N4O2. The van der Waals surface area contributed by atoms with Crippen molar-refractivity contribution in [1.82, 2.24) is 9.97 Å². The number of rotatable bonds is 1. The molecule has 6 nitrogen and oxygen atoms in total. The van der Waals surface area contributed by atoms with Crippen molar-refractivity contribution in [2.24, 2.45) is 0 Å². The molecule has 1 rings (SSSR count). The van der Waals surface area contributed by atoms with Gasteiger partial charge in [-0.2, -0.15) is 0 Å². The average molecular weight is 210 g/mol. The first-order valence-electron chi connectivity index (χ1n) is 4.44. The maximum atomic E-state index is 11.3. The van der Waals surface area contributed by atoms with Crippen LogP contribution in [-0.4, -0.2) is 21.7 Å². The summed E-state index contributed by atoms with van der Waals surface area (Å²) in [4.78, 5) is 18.8. The number of nitrogens with one attached hydrogen (secondary N) is 1. The first-order valence-corrected chi connectivity index (χ1v) is 4.44. The standard InChI is InChI=1S/C9H14N4O2/c1-9(2,3)15-8(14)13-6-4-11-5-12-7(6)10/h4-5H,1-3H3,(H,13,14)(H2,10,11,12). The van der Waals surface area contributed by atoms with Gasteiger partial charge in [0.25, 0.3) is 0 Å². The summed E-state index contributed by atoms with van der Waals surface area (Å²) in [6.45, 7) is 5.33. The molecule has 0 aliphatic rings. The van der Waals surface area contributed by atoms with Crippen molar-refractivity contribution in [3.05, 3.63) is 12.5 Å². The van der Waals surface area contributed by atoms with E-state index >= 15 is 0 Å². The Kier molecular flexibility index (Phi) is 3.08. The minimum Gasteiger partial charge on any atom is -0.444 e. The smallest absolute Gasteiger partial charge is 0.412 e. The summed E-state index contributed by atoms with van der Waals surface area (Å²) in [7, 11) is 0. The van der Waals surface area contributed by atoms with E-state index < -0.39 is 11.7 Å². The number of hydrogen-bond acceptors (Lipinski definition) is 5. The number of nitrogens with two attached hydrogens (primary N) is 1. The lowest BCUT2D eigenvalue weighted by atomic mass is 10.2. The number of amides is 1. The van der Waals surface area contributed by atoms with E-state index in [4.69, 9.17) is 10.5 Å². The van der Waals surface area contributed by atoms with E-state index in [9.17, 15) is 4.79 Å². The molecule has 0 bridgehead atoms. The van der Waals surface area contributed by atoms with Crippen molar-refractivity contribution in [2.75, 3.05) is 11.1 Å². The first kappa shape index (κ1) is 11.2. The summed E-state index contributed by atoms with van der Waals surface area (Å²) >= 11 is 0. The van der Waals surface area contributed by atoms with Crippen LogP contribution in [0.25, 0.3) is 0 Å². The number of nitrogen functional groups attached to an aromatic ring is 1. The minimum absolute atomic E-state index is 0.204. The fraction of sp³-hybridized carbons (Fsp3) is 0.444. The van der Waals surface area contributed by atoms with Crippen LogP contribution in [0.3, 0.4) is 0 Å². The second kappa shape index (κ2) is 4.12. The lowest BCUT2D eigenvalue weighted by Crippen LogP contribution is -2.27. The SMILES string of the molecule is CC(C)(C)OC(=O)Nc1cncnc1N. The van der Waals surface area contributed by atoms with Crippen LogP contribution >= 0.6 is 0 Å². The number of nitrogens with zero attached hydrogens (tertiary/aromatic N) is 2. The van der Waals surface area contributed by atoms with Crippen LogP contribution in [0, 0.1) is 0 Å². The molecule has 0 aliphatic carbocycles. The summed E-state index contributed by atoms with van der Waals surface area (Å²) in [6.07, 6.45) is 2.13. The van der Waals surface area contributed by atoms with Gasteiger partial charge in [0.15, 0.2) is 5.82 Å². The van der Waals surface area contributed by atoms with Crippen LogP contribution < -0.4 is 11.1 Å². The zero-order valence-electron chi connectivity index (χ0n) is 8.94. The van der Waals surface area contributed by atoms with E-state index in [1.165, 1.54) is 12.5 Å². The molecule has 1 heterocycles. The predicted molar refractivity (Wildman–Crippen MR) is 56.3 cm³/mol. The van der Waals surface area contributed by atoms with Gasteiger partial charge in [-0.15, -0.1) is 0 Å². The average Bonchev–Trinajstić information content (AvgIpc) is 2.05. The highest BCUT2D eigenvalue weighted by molar-refractivity contribution is 5.87. The van der Waals surface area contributed by atoms with Crippen molar-refractivity contribution in [3.63, 3.8) is 0 Å². The quantitative estimate of drug-likeness (QED) is 0.731. The summed E-state index contributed by atoms with van der Waals surface area (Å²) in [5.41, 5.74) is 5.30. The second-order valence-electron chi connectivity index (χ2n) is 3.95. The van der Waals surface area contributed by atoms with Crippen LogP contribution in [-0.2, 0) is 4.74 Å². The zero-order chi connectivity index (χ0) is 11.5. The van der Waals surface area contributed by atoms with E-state index in [1.807, 2.05) is 0 Å². The van der Waals surface area contributed by atoms with E-state index in [0.29, 0.717) is 5.69 Å². The molecule has 0 aromatic carbocycles. The third kappa shape index (κ3) is 3.80. The van der Waals surface area contributed by atoms with Gasteiger partial charge in [0.05, 0.1) is 6.20 Å². The molecular weight excluding hydrogens is 196 g/mol. The molecule has 1 aromatic rings. The molecule has 1 amide bonds. The molecule has 1 aromatic heterocycles.